The smallest absolute Gasteiger partial charge is 0.0701 e. The first kappa shape index (κ1) is 17.8. The Labute approximate surface area is 112 Å². The van der Waals surface area contributed by atoms with E-state index in [0.717, 1.165) is 39.3 Å². The van der Waals surface area contributed by atoms with Gasteiger partial charge in [-0.15, -0.1) is 0 Å². The third-order valence-electron chi connectivity index (χ3n) is 2.73. The molecule has 0 aliphatic carbocycles. The van der Waals surface area contributed by atoms with Crippen molar-refractivity contribution in [3.63, 3.8) is 0 Å². The average molecular weight is 262 g/mol. The molecule has 0 fully saturated rings. The molecule has 0 bridgehead atoms. The number of hydrogen-bond donors (Lipinski definition) is 1. The van der Waals surface area contributed by atoms with Crippen molar-refractivity contribution in [1.82, 2.24) is 10.2 Å². The molecule has 0 aliphatic heterocycles. The molecule has 0 saturated heterocycles. The van der Waals surface area contributed by atoms with Gasteiger partial charge >= 0.3 is 0 Å². The highest BCUT2D eigenvalue weighted by Crippen LogP contribution is 1.84. The van der Waals surface area contributed by atoms with Crippen LogP contribution in [-0.2, 0) is 14.2 Å². The number of methoxy groups -OCH3 is 1. The average Bonchev–Trinajstić information content (AvgIpc) is 2.40. The Hall–Kier alpha value is -0.200. The van der Waals surface area contributed by atoms with Gasteiger partial charge in [0.15, 0.2) is 0 Å². The van der Waals surface area contributed by atoms with Gasteiger partial charge in [-0.25, -0.2) is 0 Å². The van der Waals surface area contributed by atoms with E-state index in [0.29, 0.717) is 26.4 Å². The van der Waals surface area contributed by atoms with Crippen molar-refractivity contribution >= 4 is 0 Å². The Balaban J connectivity index is 3.03. The highest BCUT2D eigenvalue weighted by Gasteiger charge is 1.97. The van der Waals surface area contributed by atoms with Gasteiger partial charge in [-0.1, -0.05) is 13.8 Å². The monoisotopic (exact) mass is 262 g/mol. The molecule has 18 heavy (non-hydrogen) atoms. The lowest BCUT2D eigenvalue weighted by Crippen LogP contribution is -2.33. The van der Waals surface area contributed by atoms with Gasteiger partial charge in [0.1, 0.15) is 0 Å². The van der Waals surface area contributed by atoms with Crippen molar-refractivity contribution in [2.45, 2.75) is 13.8 Å². The largest absolute Gasteiger partial charge is 0.382 e. The van der Waals surface area contributed by atoms with Crippen molar-refractivity contribution in [3.05, 3.63) is 0 Å². The molecule has 0 spiro atoms. The van der Waals surface area contributed by atoms with Crippen LogP contribution >= 0.6 is 0 Å². The minimum Gasteiger partial charge on any atom is -0.382 e. The van der Waals surface area contributed by atoms with E-state index in [4.69, 9.17) is 14.2 Å². The number of rotatable bonds is 14. The van der Waals surface area contributed by atoms with Gasteiger partial charge in [-0.2, -0.15) is 0 Å². The lowest BCUT2D eigenvalue weighted by molar-refractivity contribution is 0.0255. The van der Waals surface area contributed by atoms with Crippen LogP contribution in [0.5, 0.6) is 0 Å². The van der Waals surface area contributed by atoms with E-state index in [1.165, 1.54) is 0 Å². The zero-order valence-electron chi connectivity index (χ0n) is 12.2. The van der Waals surface area contributed by atoms with Crippen LogP contribution in [0.1, 0.15) is 13.8 Å². The van der Waals surface area contributed by atoms with Crippen LogP contribution in [-0.4, -0.2) is 77.8 Å². The molecule has 0 unspecified atom stereocenters. The molecule has 110 valence electrons. The van der Waals surface area contributed by atoms with E-state index in [1.54, 1.807) is 7.11 Å². The second kappa shape index (κ2) is 14.9. The van der Waals surface area contributed by atoms with Crippen molar-refractivity contribution < 1.29 is 14.2 Å². The molecule has 1 N–H and O–H groups in total. The van der Waals surface area contributed by atoms with Crippen molar-refractivity contribution in [2.24, 2.45) is 0 Å². The third-order valence-corrected chi connectivity index (χ3v) is 2.73. The number of likely N-dealkylation sites (N-methyl/N-ethyl adjacent to an activating group) is 1. The number of hydrogen-bond acceptors (Lipinski definition) is 5. The highest BCUT2D eigenvalue weighted by atomic mass is 16.5. The molecule has 0 rings (SSSR count). The zero-order chi connectivity index (χ0) is 13.5. The van der Waals surface area contributed by atoms with Gasteiger partial charge in [0, 0.05) is 26.7 Å². The minimum atomic E-state index is 0.641. The van der Waals surface area contributed by atoms with Gasteiger partial charge in [-0.05, 0) is 13.1 Å². The van der Waals surface area contributed by atoms with Crippen molar-refractivity contribution in [2.75, 3.05) is 72.9 Å². The van der Waals surface area contributed by atoms with Gasteiger partial charge in [0.25, 0.3) is 0 Å². The summed E-state index contributed by atoms with van der Waals surface area (Å²) in [4.78, 5) is 2.40. The van der Waals surface area contributed by atoms with Crippen LogP contribution in [0.4, 0.5) is 0 Å². The normalized spacial score (nSPS) is 11.3. The molecular formula is C13H30N2O3. The standard InChI is InChI=1S/C13H30N2O3/c1-4-15(5-2)8-6-14-7-9-17-12-13-18-11-10-16-3/h14H,4-13H2,1-3H3. The third kappa shape index (κ3) is 12.3. The number of ether oxygens (including phenoxy) is 3. The summed E-state index contributed by atoms with van der Waals surface area (Å²) in [5, 5.41) is 3.37. The molecule has 0 aromatic carbocycles. The molecule has 0 aromatic rings. The Kier molecular flexibility index (Phi) is 14.7. The lowest BCUT2D eigenvalue weighted by atomic mass is 10.4. The number of nitrogens with one attached hydrogen (secondary N) is 1. The fraction of sp³-hybridized carbons (Fsp3) is 1.00. The van der Waals surface area contributed by atoms with E-state index >= 15 is 0 Å². The molecule has 0 saturated carbocycles. The highest BCUT2D eigenvalue weighted by molar-refractivity contribution is 4.55. The molecule has 0 atom stereocenters. The Morgan fingerprint density at radius 3 is 2.06 bits per heavy atom. The fourth-order valence-electron chi connectivity index (χ4n) is 1.51. The van der Waals surface area contributed by atoms with Crippen molar-refractivity contribution in [3.8, 4) is 0 Å². The van der Waals surface area contributed by atoms with E-state index in [1.807, 2.05) is 0 Å². The van der Waals surface area contributed by atoms with Crippen molar-refractivity contribution in [1.29, 1.82) is 0 Å². The topological polar surface area (TPSA) is 43.0 Å². The first-order valence-electron chi connectivity index (χ1n) is 6.92. The first-order valence-corrected chi connectivity index (χ1v) is 6.92. The van der Waals surface area contributed by atoms with Crippen LogP contribution in [0.2, 0.25) is 0 Å². The molecule has 0 aliphatic rings. The Bertz CT molecular complexity index is 155. The van der Waals surface area contributed by atoms with Crippen LogP contribution in [0.3, 0.4) is 0 Å². The summed E-state index contributed by atoms with van der Waals surface area (Å²) in [5.74, 6) is 0. The second-order valence-electron chi connectivity index (χ2n) is 3.99. The maximum Gasteiger partial charge on any atom is 0.0701 e. The Morgan fingerprint density at radius 1 is 0.833 bits per heavy atom. The van der Waals surface area contributed by atoms with E-state index in [9.17, 15) is 0 Å². The summed E-state index contributed by atoms with van der Waals surface area (Å²) in [7, 11) is 1.67. The molecule has 5 heteroatoms. The van der Waals surface area contributed by atoms with Gasteiger partial charge < -0.3 is 24.4 Å². The van der Waals surface area contributed by atoms with Gasteiger partial charge in [-0.3, -0.25) is 0 Å². The second-order valence-corrected chi connectivity index (χ2v) is 3.99. The van der Waals surface area contributed by atoms with Crippen LogP contribution in [0, 0.1) is 0 Å². The molecular weight excluding hydrogens is 232 g/mol. The maximum absolute atomic E-state index is 5.43. The van der Waals surface area contributed by atoms with Crippen LogP contribution in [0.15, 0.2) is 0 Å². The predicted molar refractivity (Wildman–Crippen MR) is 74.2 cm³/mol. The lowest BCUT2D eigenvalue weighted by Gasteiger charge is -2.17. The van der Waals surface area contributed by atoms with Gasteiger partial charge in [0.05, 0.1) is 33.0 Å². The minimum absolute atomic E-state index is 0.641. The van der Waals surface area contributed by atoms with E-state index < -0.39 is 0 Å². The van der Waals surface area contributed by atoms with E-state index in [2.05, 4.69) is 24.1 Å². The molecule has 5 nitrogen and oxygen atoms in total. The molecule has 0 amide bonds. The summed E-state index contributed by atoms with van der Waals surface area (Å²) in [6.07, 6.45) is 0. The first-order chi connectivity index (χ1) is 8.85. The van der Waals surface area contributed by atoms with Crippen LogP contribution in [0.25, 0.3) is 0 Å². The maximum atomic E-state index is 5.43. The quantitative estimate of drug-likeness (QED) is 0.464. The SMILES string of the molecule is CCN(CC)CCNCCOCCOCCOC. The predicted octanol–water partition coefficient (Wildman–Crippen LogP) is 0.597. The number of nitrogens with zero attached hydrogens (tertiary/aromatic N) is 1. The summed E-state index contributed by atoms with van der Waals surface area (Å²) >= 11 is 0. The summed E-state index contributed by atoms with van der Waals surface area (Å²) < 4.78 is 15.6. The summed E-state index contributed by atoms with van der Waals surface area (Å²) in [6, 6.07) is 0. The molecule has 0 radical (unpaired) electrons. The fourth-order valence-corrected chi connectivity index (χ4v) is 1.51. The summed E-state index contributed by atoms with van der Waals surface area (Å²) in [6.45, 7) is 13.0. The zero-order valence-corrected chi connectivity index (χ0v) is 12.2. The molecule has 0 heterocycles. The van der Waals surface area contributed by atoms with Gasteiger partial charge in [0.2, 0.25) is 0 Å². The molecule has 0 aromatic heterocycles. The summed E-state index contributed by atoms with van der Waals surface area (Å²) in [5.41, 5.74) is 0. The van der Waals surface area contributed by atoms with Crippen LogP contribution < -0.4 is 5.32 Å². The van der Waals surface area contributed by atoms with E-state index in [-0.39, 0.29) is 0 Å². The Morgan fingerprint density at radius 2 is 1.44 bits per heavy atom.